The van der Waals surface area contributed by atoms with Crippen molar-refractivity contribution < 1.29 is 9.63 Å². The molecule has 5 nitrogen and oxygen atoms in total. The van der Waals surface area contributed by atoms with E-state index < -0.39 is 0 Å². The first-order chi connectivity index (χ1) is 13.0. The van der Waals surface area contributed by atoms with Crippen LogP contribution in [0.15, 0.2) is 22.7 Å². The van der Waals surface area contributed by atoms with Gasteiger partial charge in [-0.3, -0.25) is 4.90 Å². The van der Waals surface area contributed by atoms with Gasteiger partial charge in [0.2, 0.25) is 0 Å². The number of nitrogens with one attached hydrogen (secondary N) is 1. The van der Waals surface area contributed by atoms with E-state index in [9.17, 15) is 5.11 Å². The van der Waals surface area contributed by atoms with Crippen LogP contribution in [-0.4, -0.2) is 47.4 Å². The topological polar surface area (TPSA) is 61.5 Å². The number of nitrogens with zero attached hydrogens (tertiary/aromatic N) is 2. The summed E-state index contributed by atoms with van der Waals surface area (Å²) in [6.07, 6.45) is 3.23. The van der Waals surface area contributed by atoms with Crippen LogP contribution in [0.2, 0.25) is 10.0 Å². The van der Waals surface area contributed by atoms with E-state index in [2.05, 4.69) is 15.4 Å². The lowest BCUT2D eigenvalue weighted by molar-refractivity contribution is -0.0151. The second-order valence-corrected chi connectivity index (χ2v) is 8.59. The maximum absolute atomic E-state index is 10.0. The first-order valence-corrected chi connectivity index (χ1v) is 10.3. The van der Waals surface area contributed by atoms with Crippen molar-refractivity contribution in [2.75, 3.05) is 26.2 Å². The zero-order valence-corrected chi connectivity index (χ0v) is 17.0. The van der Waals surface area contributed by atoms with Gasteiger partial charge in [0.05, 0.1) is 16.7 Å². The minimum atomic E-state index is 0.0211. The lowest BCUT2D eigenvalue weighted by Gasteiger charge is -2.50. The second kappa shape index (κ2) is 7.72. The fourth-order valence-electron chi connectivity index (χ4n) is 4.53. The third kappa shape index (κ3) is 3.52. The molecule has 1 aromatic heterocycles. The molecule has 0 spiro atoms. The van der Waals surface area contributed by atoms with E-state index in [1.54, 1.807) is 0 Å². The van der Waals surface area contributed by atoms with Crippen molar-refractivity contribution in [3.63, 3.8) is 0 Å². The minimum absolute atomic E-state index is 0.0211. The van der Waals surface area contributed by atoms with Gasteiger partial charge in [0.25, 0.3) is 0 Å². The molecule has 1 aromatic carbocycles. The molecule has 146 valence electrons. The van der Waals surface area contributed by atoms with Gasteiger partial charge in [-0.2, -0.15) is 0 Å². The Balaban J connectivity index is 1.59. The average molecular weight is 410 g/mol. The van der Waals surface area contributed by atoms with Gasteiger partial charge in [-0.25, -0.2) is 0 Å². The number of aliphatic hydroxyl groups is 1. The third-order valence-corrected chi connectivity index (χ3v) is 6.86. The molecular formula is C20H25Cl2N3O2. The number of hydrogen-bond acceptors (Lipinski definition) is 5. The molecule has 2 aliphatic rings. The summed E-state index contributed by atoms with van der Waals surface area (Å²) in [5.41, 5.74) is 2.49. The Morgan fingerprint density at radius 3 is 2.85 bits per heavy atom. The van der Waals surface area contributed by atoms with Crippen molar-refractivity contribution in [1.82, 2.24) is 15.4 Å². The van der Waals surface area contributed by atoms with Crippen LogP contribution in [0.5, 0.6) is 0 Å². The summed E-state index contributed by atoms with van der Waals surface area (Å²) in [6, 6.07) is 5.78. The molecule has 27 heavy (non-hydrogen) atoms. The van der Waals surface area contributed by atoms with E-state index >= 15 is 0 Å². The predicted octanol–water partition coefficient (Wildman–Crippen LogP) is 3.89. The summed E-state index contributed by atoms with van der Waals surface area (Å²) < 4.78 is 5.50. The summed E-state index contributed by atoms with van der Waals surface area (Å²) in [5, 5.41) is 19.0. The molecule has 0 saturated carbocycles. The molecule has 0 aliphatic carbocycles. The molecule has 2 saturated heterocycles. The van der Waals surface area contributed by atoms with Gasteiger partial charge in [-0.1, -0.05) is 34.4 Å². The van der Waals surface area contributed by atoms with E-state index in [0.29, 0.717) is 16.1 Å². The minimum Gasteiger partial charge on any atom is -0.396 e. The number of rotatable bonds is 4. The molecule has 2 atom stereocenters. The number of aromatic nitrogens is 1. The van der Waals surface area contributed by atoms with Gasteiger partial charge >= 0.3 is 0 Å². The van der Waals surface area contributed by atoms with Crippen molar-refractivity contribution in [1.29, 1.82) is 0 Å². The van der Waals surface area contributed by atoms with E-state index in [1.165, 1.54) is 0 Å². The molecule has 0 radical (unpaired) electrons. The highest BCUT2D eigenvalue weighted by Gasteiger charge is 2.44. The molecule has 3 heterocycles. The molecule has 2 aromatic rings. The van der Waals surface area contributed by atoms with Gasteiger partial charge in [0.15, 0.2) is 0 Å². The first kappa shape index (κ1) is 19.2. The van der Waals surface area contributed by atoms with Crippen molar-refractivity contribution in [3.05, 3.63) is 39.6 Å². The van der Waals surface area contributed by atoms with E-state index in [4.69, 9.17) is 27.7 Å². The number of piperidine rings is 2. The SMILES string of the molecule is Cc1onc(-c2c(Cl)cccc2Cl)c1CN1CC[C@@]2(CO)CCCN[C@@H]2C1. The number of halogens is 2. The van der Waals surface area contributed by atoms with Crippen LogP contribution in [0.3, 0.4) is 0 Å². The Labute approximate surface area is 169 Å². The third-order valence-electron chi connectivity index (χ3n) is 6.23. The zero-order valence-electron chi connectivity index (χ0n) is 15.5. The van der Waals surface area contributed by atoms with Gasteiger partial charge < -0.3 is 14.9 Å². The maximum atomic E-state index is 10.0. The summed E-state index contributed by atoms with van der Waals surface area (Å²) >= 11 is 12.8. The normalized spacial score (nSPS) is 26.1. The predicted molar refractivity (Wildman–Crippen MR) is 107 cm³/mol. The standard InChI is InChI=1S/C20H25Cl2N3O2/c1-13-14(19(24-27-13)18-15(21)4-2-5-16(18)22)10-25-9-7-20(12-26)6-3-8-23-17(20)11-25/h2,4-5,17,23,26H,3,6-12H2,1H3/t17-,20-/m1/s1. The highest BCUT2D eigenvalue weighted by atomic mass is 35.5. The van der Waals surface area contributed by atoms with Crippen LogP contribution < -0.4 is 5.32 Å². The van der Waals surface area contributed by atoms with Gasteiger partial charge in [-0.15, -0.1) is 0 Å². The van der Waals surface area contributed by atoms with Crippen molar-refractivity contribution >= 4 is 23.2 Å². The molecule has 0 unspecified atom stereocenters. The lowest BCUT2D eigenvalue weighted by atomic mass is 9.70. The Morgan fingerprint density at radius 1 is 1.33 bits per heavy atom. The Bertz CT molecular complexity index is 805. The zero-order chi connectivity index (χ0) is 19.0. The van der Waals surface area contributed by atoms with E-state index in [-0.39, 0.29) is 12.0 Å². The van der Waals surface area contributed by atoms with Crippen LogP contribution in [-0.2, 0) is 6.54 Å². The van der Waals surface area contributed by atoms with Gasteiger partial charge in [0, 0.05) is 35.7 Å². The van der Waals surface area contributed by atoms with Crippen molar-refractivity contribution in [2.45, 2.75) is 38.8 Å². The molecule has 2 aliphatic heterocycles. The number of hydrogen-bond donors (Lipinski definition) is 2. The molecule has 2 fully saturated rings. The molecule has 0 bridgehead atoms. The molecule has 2 N–H and O–H groups in total. The van der Waals surface area contributed by atoms with Gasteiger partial charge in [0.1, 0.15) is 11.5 Å². The van der Waals surface area contributed by atoms with E-state index in [0.717, 1.165) is 68.0 Å². The smallest absolute Gasteiger partial charge is 0.138 e. The van der Waals surface area contributed by atoms with E-state index in [1.807, 2.05) is 25.1 Å². The van der Waals surface area contributed by atoms with Gasteiger partial charge in [-0.05, 0) is 51.4 Å². The van der Waals surface area contributed by atoms with Crippen LogP contribution in [0, 0.1) is 12.3 Å². The monoisotopic (exact) mass is 409 g/mol. The van der Waals surface area contributed by atoms with Crippen LogP contribution in [0.4, 0.5) is 0 Å². The summed E-state index contributed by atoms with van der Waals surface area (Å²) in [6.45, 7) is 5.78. The molecule has 4 rings (SSSR count). The molecule has 0 amide bonds. The quantitative estimate of drug-likeness (QED) is 0.801. The Kier molecular flexibility index (Phi) is 5.50. The van der Waals surface area contributed by atoms with Crippen molar-refractivity contribution in [2.24, 2.45) is 5.41 Å². The Morgan fingerprint density at radius 2 is 2.11 bits per heavy atom. The maximum Gasteiger partial charge on any atom is 0.138 e. The Hall–Kier alpha value is -1.11. The number of aliphatic hydroxyl groups excluding tert-OH is 1. The number of aryl methyl sites for hydroxylation is 1. The second-order valence-electron chi connectivity index (χ2n) is 7.78. The first-order valence-electron chi connectivity index (χ1n) is 9.50. The lowest BCUT2D eigenvalue weighted by Crippen LogP contribution is -2.61. The fraction of sp³-hybridized carbons (Fsp3) is 0.550. The number of benzene rings is 1. The average Bonchev–Trinajstić information content (AvgIpc) is 3.02. The van der Waals surface area contributed by atoms with Crippen LogP contribution in [0.25, 0.3) is 11.3 Å². The van der Waals surface area contributed by atoms with Crippen LogP contribution in [0.1, 0.15) is 30.6 Å². The summed E-state index contributed by atoms with van der Waals surface area (Å²) in [7, 11) is 0. The highest BCUT2D eigenvalue weighted by molar-refractivity contribution is 6.39. The van der Waals surface area contributed by atoms with Crippen LogP contribution >= 0.6 is 23.2 Å². The summed E-state index contributed by atoms with van der Waals surface area (Å²) in [5.74, 6) is 0.789. The molecule has 7 heteroatoms. The number of fused-ring (bicyclic) bond motifs is 1. The summed E-state index contributed by atoms with van der Waals surface area (Å²) in [4.78, 5) is 2.41. The largest absolute Gasteiger partial charge is 0.396 e. The molecular weight excluding hydrogens is 385 g/mol. The van der Waals surface area contributed by atoms with Crippen molar-refractivity contribution in [3.8, 4) is 11.3 Å². The fourth-order valence-corrected chi connectivity index (χ4v) is 5.10. The highest BCUT2D eigenvalue weighted by Crippen LogP contribution is 2.40. The number of likely N-dealkylation sites (tertiary alicyclic amines) is 1.